The number of aryl methyl sites for hydroxylation is 1. The van der Waals surface area contributed by atoms with E-state index in [1.807, 2.05) is 6.07 Å². The van der Waals surface area contributed by atoms with Crippen LogP contribution in [-0.4, -0.2) is 63.5 Å². The second-order valence-corrected chi connectivity index (χ2v) is 8.44. The zero-order valence-corrected chi connectivity index (χ0v) is 15.8. The topological polar surface area (TPSA) is 83.7 Å². The van der Waals surface area contributed by atoms with E-state index in [0.717, 1.165) is 19.3 Å². The molecular weight excluding hydrogens is 350 g/mol. The van der Waals surface area contributed by atoms with Crippen LogP contribution in [-0.2, 0) is 14.6 Å². The van der Waals surface area contributed by atoms with Gasteiger partial charge in [-0.3, -0.25) is 4.79 Å². The molecule has 136 valence electrons. The van der Waals surface area contributed by atoms with Gasteiger partial charge in [-0.15, -0.1) is 12.4 Å². The van der Waals surface area contributed by atoms with Crippen LogP contribution in [0.15, 0.2) is 24.3 Å². The van der Waals surface area contributed by atoms with Gasteiger partial charge < -0.3 is 15.5 Å². The molecule has 1 aliphatic heterocycles. The van der Waals surface area contributed by atoms with Gasteiger partial charge in [-0.25, -0.2) is 8.42 Å². The molecule has 1 aromatic carbocycles. The van der Waals surface area contributed by atoms with E-state index in [1.54, 1.807) is 4.90 Å². The van der Waals surface area contributed by atoms with E-state index in [0.29, 0.717) is 13.1 Å². The minimum Gasteiger partial charge on any atom is -0.368 e. The van der Waals surface area contributed by atoms with Crippen LogP contribution in [0.4, 0.5) is 5.69 Å². The molecule has 24 heavy (non-hydrogen) atoms. The van der Waals surface area contributed by atoms with Gasteiger partial charge in [-0.05, 0) is 31.0 Å². The number of rotatable bonds is 5. The highest BCUT2D eigenvalue weighted by Gasteiger charge is 2.25. The van der Waals surface area contributed by atoms with Crippen molar-refractivity contribution in [3.05, 3.63) is 29.8 Å². The molecule has 0 bridgehead atoms. The Morgan fingerprint density at radius 2 is 1.88 bits per heavy atom. The number of hydrogen-bond donors (Lipinski definition) is 1. The highest BCUT2D eigenvalue weighted by Crippen LogP contribution is 2.18. The summed E-state index contributed by atoms with van der Waals surface area (Å²) >= 11 is 0. The third kappa shape index (κ3) is 5.96. The van der Waals surface area contributed by atoms with E-state index in [1.165, 1.54) is 11.3 Å². The number of piperazine rings is 1. The van der Waals surface area contributed by atoms with Crippen LogP contribution in [0, 0.1) is 6.92 Å². The quantitative estimate of drug-likeness (QED) is 0.824. The van der Waals surface area contributed by atoms with Crippen LogP contribution in [0.5, 0.6) is 0 Å². The van der Waals surface area contributed by atoms with E-state index in [-0.39, 0.29) is 30.5 Å². The number of carbonyl (C=O) groups excluding carboxylic acids is 1. The number of carbonyl (C=O) groups is 1. The van der Waals surface area contributed by atoms with Crippen LogP contribution in [0.1, 0.15) is 12.0 Å². The number of benzene rings is 1. The van der Waals surface area contributed by atoms with Crippen molar-refractivity contribution < 1.29 is 13.2 Å². The average Bonchev–Trinajstić information content (AvgIpc) is 2.51. The first kappa shape index (κ1) is 20.7. The number of halogens is 1. The van der Waals surface area contributed by atoms with Crippen molar-refractivity contribution in [1.29, 1.82) is 0 Å². The van der Waals surface area contributed by atoms with E-state index >= 15 is 0 Å². The standard InChI is InChI=1S/C16H25N3O3S.ClH/c1-13-4-3-5-14(12-13)18-7-9-19(10-8-18)16(20)15(17)6-11-23(2,21)22;/h3-5,12,15H,6-11,17H2,1-2H3;1H. The van der Waals surface area contributed by atoms with Crippen LogP contribution in [0.2, 0.25) is 0 Å². The highest BCUT2D eigenvalue weighted by molar-refractivity contribution is 7.90. The molecule has 0 saturated carbocycles. The van der Waals surface area contributed by atoms with Gasteiger partial charge in [0.25, 0.3) is 0 Å². The Morgan fingerprint density at radius 1 is 1.25 bits per heavy atom. The number of anilines is 1. The van der Waals surface area contributed by atoms with Crippen molar-refractivity contribution in [1.82, 2.24) is 4.90 Å². The summed E-state index contributed by atoms with van der Waals surface area (Å²) in [6, 6.07) is 7.56. The van der Waals surface area contributed by atoms with Crippen molar-refractivity contribution in [2.45, 2.75) is 19.4 Å². The fourth-order valence-electron chi connectivity index (χ4n) is 2.71. The summed E-state index contributed by atoms with van der Waals surface area (Å²) in [5.74, 6) is -0.207. The normalized spacial score (nSPS) is 16.5. The predicted octanol–water partition coefficient (Wildman–Crippen LogP) is 0.827. The lowest BCUT2D eigenvalue weighted by Crippen LogP contribution is -2.53. The Kier molecular flexibility index (Phi) is 7.51. The molecule has 1 aromatic rings. The van der Waals surface area contributed by atoms with E-state index in [9.17, 15) is 13.2 Å². The van der Waals surface area contributed by atoms with Gasteiger partial charge >= 0.3 is 0 Å². The first-order valence-electron chi connectivity index (χ1n) is 7.80. The average molecular weight is 376 g/mol. The summed E-state index contributed by atoms with van der Waals surface area (Å²) in [4.78, 5) is 16.3. The van der Waals surface area contributed by atoms with Gasteiger partial charge in [0.2, 0.25) is 5.91 Å². The van der Waals surface area contributed by atoms with E-state index in [4.69, 9.17) is 5.73 Å². The van der Waals surface area contributed by atoms with Crippen LogP contribution in [0.25, 0.3) is 0 Å². The van der Waals surface area contributed by atoms with Crippen molar-refractivity contribution in [2.75, 3.05) is 43.1 Å². The predicted molar refractivity (Wildman–Crippen MR) is 99.5 cm³/mol. The summed E-state index contributed by atoms with van der Waals surface area (Å²) in [5.41, 5.74) is 8.23. The Balaban J connectivity index is 0.00000288. The number of hydrogen-bond acceptors (Lipinski definition) is 5. The van der Waals surface area contributed by atoms with Crippen LogP contribution < -0.4 is 10.6 Å². The van der Waals surface area contributed by atoms with Gasteiger partial charge in [0.05, 0.1) is 11.8 Å². The second-order valence-electron chi connectivity index (χ2n) is 6.18. The Hall–Kier alpha value is -1.31. The molecule has 1 atom stereocenters. The molecule has 0 radical (unpaired) electrons. The first-order valence-corrected chi connectivity index (χ1v) is 9.86. The summed E-state index contributed by atoms with van der Waals surface area (Å²) in [5, 5.41) is 0. The molecule has 2 N–H and O–H groups in total. The van der Waals surface area contributed by atoms with Crippen molar-refractivity contribution in [3.8, 4) is 0 Å². The maximum Gasteiger partial charge on any atom is 0.239 e. The largest absolute Gasteiger partial charge is 0.368 e. The molecule has 6 nitrogen and oxygen atoms in total. The lowest BCUT2D eigenvalue weighted by Gasteiger charge is -2.37. The molecule has 0 spiro atoms. The Bertz CT molecular complexity index is 658. The molecule has 8 heteroatoms. The van der Waals surface area contributed by atoms with Gasteiger partial charge in [0.15, 0.2) is 0 Å². The minimum absolute atomic E-state index is 0. The fraction of sp³-hybridized carbons (Fsp3) is 0.562. The zero-order valence-electron chi connectivity index (χ0n) is 14.1. The Labute approximate surface area is 150 Å². The zero-order chi connectivity index (χ0) is 17.0. The monoisotopic (exact) mass is 375 g/mol. The molecule has 1 fully saturated rings. The van der Waals surface area contributed by atoms with E-state index < -0.39 is 15.9 Å². The summed E-state index contributed by atoms with van der Waals surface area (Å²) in [6.07, 6.45) is 1.33. The Morgan fingerprint density at radius 3 is 2.42 bits per heavy atom. The van der Waals surface area contributed by atoms with Crippen molar-refractivity contribution in [3.63, 3.8) is 0 Å². The van der Waals surface area contributed by atoms with Gasteiger partial charge in [-0.1, -0.05) is 12.1 Å². The molecule has 1 amide bonds. The third-order valence-corrected chi connectivity index (χ3v) is 5.05. The van der Waals surface area contributed by atoms with E-state index in [2.05, 4.69) is 30.0 Å². The lowest BCUT2D eigenvalue weighted by molar-refractivity contribution is -0.132. The van der Waals surface area contributed by atoms with Gasteiger partial charge in [0.1, 0.15) is 9.84 Å². The van der Waals surface area contributed by atoms with Gasteiger partial charge in [-0.2, -0.15) is 0 Å². The maximum atomic E-state index is 12.3. The number of sulfone groups is 1. The van der Waals surface area contributed by atoms with Crippen molar-refractivity contribution >= 4 is 33.8 Å². The number of nitrogens with two attached hydrogens (primary N) is 1. The van der Waals surface area contributed by atoms with Gasteiger partial charge in [0, 0.05) is 38.1 Å². The van der Waals surface area contributed by atoms with Crippen molar-refractivity contribution in [2.24, 2.45) is 5.73 Å². The SMILES string of the molecule is Cc1cccc(N2CCN(C(=O)C(N)CCS(C)(=O)=O)CC2)c1.Cl. The third-order valence-electron chi connectivity index (χ3n) is 4.07. The summed E-state index contributed by atoms with van der Waals surface area (Å²) < 4.78 is 22.3. The number of amides is 1. The highest BCUT2D eigenvalue weighted by atomic mass is 35.5. The maximum absolute atomic E-state index is 12.3. The minimum atomic E-state index is -3.09. The molecule has 2 rings (SSSR count). The molecule has 0 aromatic heterocycles. The lowest BCUT2D eigenvalue weighted by atomic mass is 10.1. The summed E-state index contributed by atoms with van der Waals surface area (Å²) in [6.45, 7) is 4.80. The van der Waals surface area contributed by atoms with Crippen LogP contribution >= 0.6 is 12.4 Å². The molecule has 1 heterocycles. The number of nitrogens with zero attached hydrogens (tertiary/aromatic N) is 2. The molecular formula is C16H26ClN3O3S. The first-order chi connectivity index (χ1) is 10.8. The molecule has 1 unspecified atom stereocenters. The summed E-state index contributed by atoms with van der Waals surface area (Å²) in [7, 11) is -3.09. The second kappa shape index (κ2) is 8.69. The van der Waals surface area contributed by atoms with Crippen LogP contribution in [0.3, 0.4) is 0 Å². The fourth-order valence-corrected chi connectivity index (χ4v) is 3.39. The molecule has 1 saturated heterocycles. The molecule has 1 aliphatic rings. The smallest absolute Gasteiger partial charge is 0.239 e. The molecule has 0 aliphatic carbocycles.